The van der Waals surface area contributed by atoms with Crippen molar-refractivity contribution in [1.82, 2.24) is 10.2 Å². The van der Waals surface area contributed by atoms with E-state index in [1.807, 2.05) is 19.1 Å². The molecular weight excluding hydrogens is 330 g/mol. The molecule has 0 amide bonds. The van der Waals surface area contributed by atoms with Crippen LogP contribution in [0.5, 0.6) is 0 Å². The molecule has 1 heterocycles. The van der Waals surface area contributed by atoms with Crippen LogP contribution in [0, 0.1) is 0 Å². The number of benzene rings is 1. The SMILES string of the molecule is CC(C)N1CCC(O)(CN[C@H](C)c2ccc(SC(F)F)cc2)CC1. The molecule has 1 atom stereocenters. The second kappa shape index (κ2) is 8.61. The van der Waals surface area contributed by atoms with E-state index in [-0.39, 0.29) is 6.04 Å². The van der Waals surface area contributed by atoms with E-state index < -0.39 is 11.4 Å². The highest BCUT2D eigenvalue weighted by molar-refractivity contribution is 7.99. The van der Waals surface area contributed by atoms with Crippen molar-refractivity contribution in [1.29, 1.82) is 0 Å². The van der Waals surface area contributed by atoms with Gasteiger partial charge in [-0.25, -0.2) is 0 Å². The molecule has 136 valence electrons. The van der Waals surface area contributed by atoms with Gasteiger partial charge in [-0.1, -0.05) is 23.9 Å². The van der Waals surface area contributed by atoms with Crippen LogP contribution in [0.25, 0.3) is 0 Å². The van der Waals surface area contributed by atoms with Crippen LogP contribution in [0.1, 0.15) is 45.2 Å². The van der Waals surface area contributed by atoms with Crippen LogP contribution in [0.15, 0.2) is 29.2 Å². The molecule has 24 heavy (non-hydrogen) atoms. The molecule has 0 unspecified atom stereocenters. The van der Waals surface area contributed by atoms with Gasteiger partial charge in [-0.2, -0.15) is 8.78 Å². The van der Waals surface area contributed by atoms with Crippen molar-refractivity contribution < 1.29 is 13.9 Å². The number of likely N-dealkylation sites (tertiary alicyclic amines) is 1. The summed E-state index contributed by atoms with van der Waals surface area (Å²) in [6.45, 7) is 8.78. The van der Waals surface area contributed by atoms with Crippen molar-refractivity contribution in [3.05, 3.63) is 29.8 Å². The van der Waals surface area contributed by atoms with Crippen molar-refractivity contribution >= 4 is 11.8 Å². The predicted octanol–water partition coefficient (Wildman–Crippen LogP) is 3.89. The number of hydrogen-bond donors (Lipinski definition) is 2. The molecule has 0 saturated carbocycles. The molecule has 1 fully saturated rings. The van der Waals surface area contributed by atoms with Crippen LogP contribution in [-0.2, 0) is 0 Å². The van der Waals surface area contributed by atoms with Crippen molar-refractivity contribution in [2.75, 3.05) is 19.6 Å². The number of hydrogen-bond acceptors (Lipinski definition) is 4. The Morgan fingerprint density at radius 1 is 1.17 bits per heavy atom. The summed E-state index contributed by atoms with van der Waals surface area (Å²) in [4.78, 5) is 2.96. The van der Waals surface area contributed by atoms with Gasteiger partial charge < -0.3 is 15.3 Å². The zero-order chi connectivity index (χ0) is 17.7. The van der Waals surface area contributed by atoms with Crippen molar-refractivity contribution in [3.8, 4) is 0 Å². The molecule has 0 spiro atoms. The van der Waals surface area contributed by atoms with Gasteiger partial charge in [0.1, 0.15) is 0 Å². The molecule has 1 aliphatic heterocycles. The van der Waals surface area contributed by atoms with Crippen LogP contribution in [0.2, 0.25) is 0 Å². The first-order valence-electron chi connectivity index (χ1n) is 8.54. The molecule has 1 aromatic rings. The van der Waals surface area contributed by atoms with E-state index in [2.05, 4.69) is 24.1 Å². The lowest BCUT2D eigenvalue weighted by Crippen LogP contribution is -2.51. The van der Waals surface area contributed by atoms with Crippen LogP contribution in [0.3, 0.4) is 0 Å². The van der Waals surface area contributed by atoms with Crippen LogP contribution in [0.4, 0.5) is 8.78 Å². The van der Waals surface area contributed by atoms with E-state index >= 15 is 0 Å². The highest BCUT2D eigenvalue weighted by Crippen LogP contribution is 2.27. The molecule has 2 N–H and O–H groups in total. The lowest BCUT2D eigenvalue weighted by atomic mass is 9.90. The van der Waals surface area contributed by atoms with Gasteiger partial charge >= 0.3 is 0 Å². The van der Waals surface area contributed by atoms with Crippen molar-refractivity contribution in [3.63, 3.8) is 0 Å². The number of rotatable bonds is 7. The maximum atomic E-state index is 12.3. The molecule has 1 saturated heterocycles. The fraction of sp³-hybridized carbons (Fsp3) is 0.667. The standard InChI is InChI=1S/C18H28F2N2OS/c1-13(2)22-10-8-18(23,9-11-22)12-21-14(3)15-4-6-16(7-5-15)24-17(19)20/h4-7,13-14,17,21,23H,8-12H2,1-3H3/t14-/m1/s1. The van der Waals surface area contributed by atoms with Crippen molar-refractivity contribution in [2.24, 2.45) is 0 Å². The number of aliphatic hydroxyl groups is 1. The Morgan fingerprint density at radius 3 is 2.25 bits per heavy atom. The minimum Gasteiger partial charge on any atom is -0.388 e. The van der Waals surface area contributed by atoms with Crippen LogP contribution in [-0.4, -0.2) is 47.0 Å². The summed E-state index contributed by atoms with van der Waals surface area (Å²) in [5.74, 6) is -2.39. The summed E-state index contributed by atoms with van der Waals surface area (Å²) in [7, 11) is 0. The van der Waals surface area contributed by atoms with Gasteiger partial charge in [-0.05, 0) is 51.3 Å². The van der Waals surface area contributed by atoms with E-state index in [9.17, 15) is 13.9 Å². The smallest absolute Gasteiger partial charge is 0.288 e. The predicted molar refractivity (Wildman–Crippen MR) is 95.6 cm³/mol. The first kappa shape index (κ1) is 19.6. The maximum Gasteiger partial charge on any atom is 0.288 e. The molecule has 0 aromatic heterocycles. The van der Waals surface area contributed by atoms with E-state index in [0.717, 1.165) is 31.5 Å². The zero-order valence-electron chi connectivity index (χ0n) is 14.6. The molecule has 0 aliphatic carbocycles. The zero-order valence-corrected chi connectivity index (χ0v) is 15.5. The van der Waals surface area contributed by atoms with E-state index in [4.69, 9.17) is 0 Å². The first-order valence-corrected chi connectivity index (χ1v) is 9.42. The third kappa shape index (κ3) is 5.69. The first-order chi connectivity index (χ1) is 11.3. The normalized spacial score (nSPS) is 19.8. The van der Waals surface area contributed by atoms with Gasteiger partial charge in [0.2, 0.25) is 0 Å². The number of alkyl halides is 2. The third-order valence-electron chi connectivity index (χ3n) is 4.80. The van der Waals surface area contributed by atoms with E-state index in [0.29, 0.717) is 29.2 Å². The number of thioether (sulfide) groups is 1. The van der Waals surface area contributed by atoms with Crippen molar-refractivity contribution in [2.45, 2.75) is 62.0 Å². The number of halogens is 2. The minimum absolute atomic E-state index is 0.0720. The Labute approximate surface area is 147 Å². The Morgan fingerprint density at radius 2 is 1.75 bits per heavy atom. The molecule has 1 aromatic carbocycles. The molecule has 1 aliphatic rings. The third-order valence-corrected chi connectivity index (χ3v) is 5.52. The summed E-state index contributed by atoms with van der Waals surface area (Å²) in [5.41, 5.74) is 0.377. The molecule has 3 nitrogen and oxygen atoms in total. The van der Waals surface area contributed by atoms with Gasteiger partial charge in [0.25, 0.3) is 5.76 Å². The molecule has 2 rings (SSSR count). The second-order valence-corrected chi connectivity index (χ2v) is 7.97. The summed E-state index contributed by atoms with van der Waals surface area (Å²) < 4.78 is 24.7. The molecule has 0 radical (unpaired) electrons. The average molecular weight is 358 g/mol. The maximum absolute atomic E-state index is 12.3. The Bertz CT molecular complexity index is 502. The fourth-order valence-electron chi connectivity index (χ4n) is 3.03. The highest BCUT2D eigenvalue weighted by Gasteiger charge is 2.33. The molecule has 0 bridgehead atoms. The lowest BCUT2D eigenvalue weighted by molar-refractivity contribution is -0.0277. The number of piperidine rings is 1. The van der Waals surface area contributed by atoms with Gasteiger partial charge in [-0.15, -0.1) is 0 Å². The summed E-state index contributed by atoms with van der Waals surface area (Å²) in [5, 5.41) is 14.1. The average Bonchev–Trinajstić information content (AvgIpc) is 2.53. The Hall–Kier alpha value is -0.690. The second-order valence-electron chi connectivity index (χ2n) is 6.90. The summed E-state index contributed by atoms with van der Waals surface area (Å²) >= 11 is 0.558. The lowest BCUT2D eigenvalue weighted by Gasteiger charge is -2.40. The van der Waals surface area contributed by atoms with E-state index in [1.165, 1.54) is 0 Å². The quantitative estimate of drug-likeness (QED) is 0.725. The monoisotopic (exact) mass is 358 g/mol. The molecular formula is C18H28F2N2OS. The summed E-state index contributed by atoms with van der Waals surface area (Å²) in [6.07, 6.45) is 1.55. The fourth-order valence-corrected chi connectivity index (χ4v) is 3.53. The topological polar surface area (TPSA) is 35.5 Å². The van der Waals surface area contributed by atoms with Gasteiger partial charge in [-0.3, -0.25) is 0 Å². The largest absolute Gasteiger partial charge is 0.388 e. The Kier molecular flexibility index (Phi) is 7.04. The summed E-state index contributed by atoms with van der Waals surface area (Å²) in [6, 6.07) is 7.77. The highest BCUT2D eigenvalue weighted by atomic mass is 32.2. The van der Waals surface area contributed by atoms with Gasteiger partial charge in [0.05, 0.1) is 5.60 Å². The van der Waals surface area contributed by atoms with Crippen LogP contribution < -0.4 is 5.32 Å². The Balaban J connectivity index is 1.83. The molecule has 6 heteroatoms. The van der Waals surface area contributed by atoms with Gasteiger partial charge in [0.15, 0.2) is 0 Å². The number of nitrogens with one attached hydrogen (secondary N) is 1. The number of nitrogens with zero attached hydrogens (tertiary/aromatic N) is 1. The van der Waals surface area contributed by atoms with Gasteiger partial charge in [0, 0.05) is 36.6 Å². The minimum atomic E-state index is -2.39. The van der Waals surface area contributed by atoms with Crippen LogP contribution >= 0.6 is 11.8 Å². The van der Waals surface area contributed by atoms with E-state index in [1.54, 1.807) is 12.1 Å².